The van der Waals surface area contributed by atoms with Crippen LogP contribution in [0.25, 0.3) is 0 Å². The minimum absolute atomic E-state index is 0.683. The van der Waals surface area contributed by atoms with Gasteiger partial charge in [0, 0.05) is 10.0 Å². The first kappa shape index (κ1) is 13.4. The Labute approximate surface area is 106 Å². The van der Waals surface area contributed by atoms with Crippen molar-refractivity contribution in [3.8, 4) is 11.5 Å². The maximum atomic E-state index is 5.43. The van der Waals surface area contributed by atoms with Crippen molar-refractivity contribution in [3.63, 3.8) is 0 Å². The van der Waals surface area contributed by atoms with Crippen LogP contribution in [0.15, 0.2) is 16.6 Å². The fourth-order valence-corrected chi connectivity index (χ4v) is 2.14. The van der Waals surface area contributed by atoms with Gasteiger partial charge in [-0.1, -0.05) is 29.8 Å². The zero-order valence-electron chi connectivity index (χ0n) is 10.3. The molecule has 3 heteroatoms. The molecule has 0 aliphatic heterocycles. The van der Waals surface area contributed by atoms with Crippen molar-refractivity contribution in [3.05, 3.63) is 22.2 Å². The Hall–Kier alpha value is -0.700. The molecule has 0 aromatic heterocycles. The molecule has 90 valence electrons. The number of hydrogen-bond acceptors (Lipinski definition) is 2. The fraction of sp³-hybridized carbons (Fsp3) is 0.538. The number of hydrogen-bond donors (Lipinski definition) is 0. The van der Waals surface area contributed by atoms with Gasteiger partial charge in [0.05, 0.1) is 14.2 Å². The van der Waals surface area contributed by atoms with Crippen LogP contribution in [0.2, 0.25) is 0 Å². The lowest BCUT2D eigenvalue weighted by Gasteiger charge is -2.15. The number of benzene rings is 1. The van der Waals surface area contributed by atoms with Gasteiger partial charge in [0.2, 0.25) is 0 Å². The lowest BCUT2D eigenvalue weighted by molar-refractivity contribution is 0.350. The molecule has 0 saturated heterocycles. The topological polar surface area (TPSA) is 18.5 Å². The van der Waals surface area contributed by atoms with Gasteiger partial charge in [-0.2, -0.15) is 0 Å². The van der Waals surface area contributed by atoms with Gasteiger partial charge >= 0.3 is 0 Å². The van der Waals surface area contributed by atoms with Crippen molar-refractivity contribution in [2.75, 3.05) is 14.2 Å². The molecule has 1 aromatic carbocycles. The summed E-state index contributed by atoms with van der Waals surface area (Å²) < 4.78 is 11.8. The largest absolute Gasteiger partial charge is 0.493 e. The van der Waals surface area contributed by atoms with Crippen LogP contribution in [-0.4, -0.2) is 14.2 Å². The minimum Gasteiger partial charge on any atom is -0.493 e. The minimum atomic E-state index is 0.683. The lowest BCUT2D eigenvalue weighted by atomic mass is 10.0. The van der Waals surface area contributed by atoms with Crippen LogP contribution >= 0.6 is 15.9 Å². The summed E-state index contributed by atoms with van der Waals surface area (Å²) in [5.74, 6) is 2.32. The standard InChI is InChI=1S/C13H19BrO2/c1-9(2)5-6-10-11(14)7-8-12(15-3)13(10)16-4/h7-9H,5-6H2,1-4H3. The molecular weight excluding hydrogens is 268 g/mol. The van der Waals surface area contributed by atoms with Crippen molar-refractivity contribution in [1.82, 2.24) is 0 Å². The molecule has 0 fully saturated rings. The van der Waals surface area contributed by atoms with Gasteiger partial charge in [-0.05, 0) is 30.9 Å². The van der Waals surface area contributed by atoms with Gasteiger partial charge < -0.3 is 9.47 Å². The monoisotopic (exact) mass is 286 g/mol. The Kier molecular flexibility index (Phi) is 5.13. The highest BCUT2D eigenvalue weighted by molar-refractivity contribution is 9.10. The Morgan fingerprint density at radius 3 is 2.38 bits per heavy atom. The third kappa shape index (κ3) is 3.14. The summed E-state index contributed by atoms with van der Waals surface area (Å²) in [6, 6.07) is 3.93. The van der Waals surface area contributed by atoms with Gasteiger partial charge in [0.15, 0.2) is 11.5 Å². The van der Waals surface area contributed by atoms with E-state index in [1.165, 1.54) is 5.56 Å². The first-order valence-corrected chi connectivity index (χ1v) is 6.28. The van der Waals surface area contributed by atoms with E-state index in [1.54, 1.807) is 14.2 Å². The van der Waals surface area contributed by atoms with Crippen LogP contribution < -0.4 is 9.47 Å². The Morgan fingerprint density at radius 2 is 1.88 bits per heavy atom. The van der Waals surface area contributed by atoms with E-state index >= 15 is 0 Å². The van der Waals surface area contributed by atoms with E-state index in [2.05, 4.69) is 29.8 Å². The van der Waals surface area contributed by atoms with Crippen LogP contribution in [-0.2, 0) is 6.42 Å². The van der Waals surface area contributed by atoms with Gasteiger partial charge in [-0.15, -0.1) is 0 Å². The average Bonchev–Trinajstić information content (AvgIpc) is 2.26. The fourth-order valence-electron chi connectivity index (χ4n) is 1.63. The third-order valence-electron chi connectivity index (χ3n) is 2.56. The highest BCUT2D eigenvalue weighted by Gasteiger charge is 2.13. The van der Waals surface area contributed by atoms with E-state index in [-0.39, 0.29) is 0 Å². The number of halogens is 1. The van der Waals surface area contributed by atoms with Crippen LogP contribution in [0.4, 0.5) is 0 Å². The molecule has 0 radical (unpaired) electrons. The summed E-state index contributed by atoms with van der Waals surface area (Å²) >= 11 is 3.57. The zero-order chi connectivity index (χ0) is 12.1. The van der Waals surface area contributed by atoms with Gasteiger partial charge in [0.1, 0.15) is 0 Å². The van der Waals surface area contributed by atoms with Crippen molar-refractivity contribution in [2.45, 2.75) is 26.7 Å². The van der Waals surface area contributed by atoms with Gasteiger partial charge in [-0.3, -0.25) is 0 Å². The van der Waals surface area contributed by atoms with Crippen molar-refractivity contribution >= 4 is 15.9 Å². The van der Waals surface area contributed by atoms with Crippen LogP contribution in [0.3, 0.4) is 0 Å². The predicted octanol–water partition coefficient (Wildman–Crippen LogP) is 4.05. The number of methoxy groups -OCH3 is 2. The maximum Gasteiger partial charge on any atom is 0.165 e. The second-order valence-electron chi connectivity index (χ2n) is 4.19. The SMILES string of the molecule is COc1ccc(Br)c(CCC(C)C)c1OC. The molecule has 0 saturated carbocycles. The molecule has 0 bridgehead atoms. The maximum absolute atomic E-state index is 5.43. The van der Waals surface area contributed by atoms with Crippen LogP contribution in [0.1, 0.15) is 25.8 Å². The molecule has 0 N–H and O–H groups in total. The third-order valence-corrected chi connectivity index (χ3v) is 3.31. The van der Waals surface area contributed by atoms with Crippen LogP contribution in [0, 0.1) is 5.92 Å². The Bertz CT molecular complexity index is 348. The van der Waals surface area contributed by atoms with E-state index in [0.717, 1.165) is 28.8 Å². The van der Waals surface area contributed by atoms with Crippen molar-refractivity contribution in [1.29, 1.82) is 0 Å². The highest BCUT2D eigenvalue weighted by atomic mass is 79.9. The first-order valence-electron chi connectivity index (χ1n) is 5.49. The second kappa shape index (κ2) is 6.14. The lowest BCUT2D eigenvalue weighted by Crippen LogP contribution is -1.99. The van der Waals surface area contributed by atoms with Gasteiger partial charge in [0.25, 0.3) is 0 Å². The number of ether oxygens (including phenoxy) is 2. The summed E-state index contributed by atoms with van der Waals surface area (Å²) in [7, 11) is 3.35. The molecular formula is C13H19BrO2. The molecule has 0 spiro atoms. The molecule has 1 rings (SSSR count). The Morgan fingerprint density at radius 1 is 1.19 bits per heavy atom. The van der Waals surface area contributed by atoms with E-state index in [4.69, 9.17) is 9.47 Å². The summed E-state index contributed by atoms with van der Waals surface area (Å²) in [5, 5.41) is 0. The summed E-state index contributed by atoms with van der Waals surface area (Å²) in [4.78, 5) is 0. The molecule has 0 heterocycles. The van der Waals surface area contributed by atoms with Crippen molar-refractivity contribution in [2.24, 2.45) is 5.92 Å². The second-order valence-corrected chi connectivity index (χ2v) is 5.05. The molecule has 16 heavy (non-hydrogen) atoms. The molecule has 0 aliphatic carbocycles. The summed E-state index contributed by atoms with van der Waals surface area (Å²) in [6.45, 7) is 4.45. The van der Waals surface area contributed by atoms with E-state index in [9.17, 15) is 0 Å². The van der Waals surface area contributed by atoms with Crippen molar-refractivity contribution < 1.29 is 9.47 Å². The molecule has 0 unspecified atom stereocenters. The number of rotatable bonds is 5. The molecule has 0 amide bonds. The van der Waals surface area contributed by atoms with E-state index < -0.39 is 0 Å². The normalized spacial score (nSPS) is 10.6. The first-order chi connectivity index (χ1) is 7.60. The Balaban J connectivity index is 3.03. The molecule has 2 nitrogen and oxygen atoms in total. The molecule has 0 atom stereocenters. The molecule has 1 aromatic rings. The highest BCUT2D eigenvalue weighted by Crippen LogP contribution is 2.37. The van der Waals surface area contributed by atoms with E-state index in [0.29, 0.717) is 5.92 Å². The summed E-state index contributed by atoms with van der Waals surface area (Å²) in [6.07, 6.45) is 2.14. The van der Waals surface area contributed by atoms with Crippen LogP contribution in [0.5, 0.6) is 11.5 Å². The zero-order valence-corrected chi connectivity index (χ0v) is 11.9. The smallest absolute Gasteiger partial charge is 0.165 e. The average molecular weight is 287 g/mol. The quantitative estimate of drug-likeness (QED) is 0.813. The van der Waals surface area contributed by atoms with Gasteiger partial charge in [-0.25, -0.2) is 0 Å². The van der Waals surface area contributed by atoms with E-state index in [1.807, 2.05) is 12.1 Å². The summed E-state index contributed by atoms with van der Waals surface area (Å²) in [5.41, 5.74) is 1.19. The molecule has 0 aliphatic rings. The predicted molar refractivity (Wildman–Crippen MR) is 70.4 cm³/mol.